The number of hydrogen-bond donors (Lipinski definition) is 1. The first kappa shape index (κ1) is 7.98. The number of rotatable bonds is 1. The van der Waals surface area contributed by atoms with Crippen molar-refractivity contribution >= 4 is 5.76 Å². The van der Waals surface area contributed by atoms with Gasteiger partial charge in [0.15, 0.2) is 0 Å². The fraction of sp³-hybridized carbons (Fsp3) is 0.200. The van der Waals surface area contributed by atoms with Crippen molar-refractivity contribution in [2.45, 2.75) is 0 Å². The Labute approximate surface area is 76.2 Å². The highest BCUT2D eigenvalue weighted by atomic mass is 16.5. The molecule has 1 heterocycles. The number of hydrogen-bond acceptors (Lipinski definition) is 3. The molecular weight excluding hydrogens is 168 g/mol. The maximum absolute atomic E-state index is 9.57. The molecule has 0 radical (unpaired) electrons. The van der Waals surface area contributed by atoms with E-state index in [2.05, 4.69) is 0 Å². The van der Waals surface area contributed by atoms with Crippen LogP contribution in [0.4, 0.5) is 0 Å². The van der Waals surface area contributed by atoms with E-state index >= 15 is 0 Å². The van der Waals surface area contributed by atoms with Crippen molar-refractivity contribution < 1.29 is 14.6 Å². The van der Waals surface area contributed by atoms with Gasteiger partial charge in [0.05, 0.1) is 7.11 Å². The molecule has 2 rings (SSSR count). The molecule has 1 N–H and O–H groups in total. The summed E-state index contributed by atoms with van der Waals surface area (Å²) in [6, 6.07) is 5.43. The van der Waals surface area contributed by atoms with Crippen LogP contribution in [0.15, 0.2) is 24.3 Å². The van der Waals surface area contributed by atoms with Gasteiger partial charge in [-0.15, -0.1) is 0 Å². The lowest BCUT2D eigenvalue weighted by Crippen LogP contribution is -2.05. The Morgan fingerprint density at radius 3 is 3.08 bits per heavy atom. The maximum atomic E-state index is 9.57. The van der Waals surface area contributed by atoms with Crippen LogP contribution in [0.1, 0.15) is 5.56 Å². The van der Waals surface area contributed by atoms with Crippen molar-refractivity contribution in [1.82, 2.24) is 0 Å². The number of ether oxygens (including phenoxy) is 2. The lowest BCUT2D eigenvalue weighted by molar-refractivity contribution is 0.337. The van der Waals surface area contributed by atoms with Crippen LogP contribution < -0.4 is 9.47 Å². The van der Waals surface area contributed by atoms with Gasteiger partial charge >= 0.3 is 0 Å². The number of methoxy groups -OCH3 is 1. The van der Waals surface area contributed by atoms with Crippen LogP contribution in [0, 0.1) is 0 Å². The third-order valence-electron chi connectivity index (χ3n) is 1.98. The van der Waals surface area contributed by atoms with Gasteiger partial charge in [0.2, 0.25) is 0 Å². The molecular formula is C10H10O3. The average molecular weight is 178 g/mol. The molecule has 0 aromatic heterocycles. The second-order valence-corrected chi connectivity index (χ2v) is 2.73. The van der Waals surface area contributed by atoms with Crippen molar-refractivity contribution in [3.8, 4) is 11.5 Å². The fourth-order valence-electron chi connectivity index (χ4n) is 1.37. The minimum atomic E-state index is 0.221. The predicted molar refractivity (Wildman–Crippen MR) is 49.1 cm³/mol. The van der Waals surface area contributed by atoms with Crippen LogP contribution in [0.3, 0.4) is 0 Å². The molecule has 3 heteroatoms. The Morgan fingerprint density at radius 1 is 1.46 bits per heavy atom. The van der Waals surface area contributed by atoms with Gasteiger partial charge in [-0.25, -0.2) is 0 Å². The normalized spacial score (nSPS) is 14.1. The lowest BCUT2D eigenvalue weighted by atomic mass is 10.1. The van der Waals surface area contributed by atoms with Crippen molar-refractivity contribution in [3.63, 3.8) is 0 Å². The smallest absolute Gasteiger partial charge is 0.134 e. The minimum Gasteiger partial charge on any atom is -0.507 e. The standard InChI is InChI=1S/C10H10O3/c1-12-8-3-2-4-9-10(8)7(11)5-6-13-9/h2-5,11H,6H2,1H3. The van der Waals surface area contributed by atoms with E-state index in [-0.39, 0.29) is 5.76 Å². The van der Waals surface area contributed by atoms with Gasteiger partial charge in [-0.1, -0.05) is 6.07 Å². The largest absolute Gasteiger partial charge is 0.507 e. The fourth-order valence-corrected chi connectivity index (χ4v) is 1.37. The van der Waals surface area contributed by atoms with Crippen molar-refractivity contribution in [2.24, 2.45) is 0 Å². The molecule has 1 aliphatic rings. The van der Waals surface area contributed by atoms with Gasteiger partial charge in [-0.05, 0) is 18.2 Å². The van der Waals surface area contributed by atoms with E-state index < -0.39 is 0 Å². The second kappa shape index (κ2) is 3.01. The number of benzene rings is 1. The predicted octanol–water partition coefficient (Wildman–Crippen LogP) is 1.99. The Kier molecular flexibility index (Phi) is 1.85. The Morgan fingerprint density at radius 2 is 2.31 bits per heavy atom. The van der Waals surface area contributed by atoms with Crippen LogP contribution in [-0.2, 0) is 0 Å². The molecule has 13 heavy (non-hydrogen) atoms. The summed E-state index contributed by atoms with van der Waals surface area (Å²) in [6.45, 7) is 0.409. The summed E-state index contributed by atoms with van der Waals surface area (Å²) in [7, 11) is 1.57. The minimum absolute atomic E-state index is 0.221. The van der Waals surface area contributed by atoms with E-state index in [1.54, 1.807) is 25.3 Å². The number of aliphatic hydroxyl groups excluding tert-OH is 1. The highest BCUT2D eigenvalue weighted by Gasteiger charge is 2.17. The molecule has 3 nitrogen and oxygen atoms in total. The summed E-state index contributed by atoms with van der Waals surface area (Å²) in [4.78, 5) is 0. The van der Waals surface area contributed by atoms with E-state index in [4.69, 9.17) is 9.47 Å². The zero-order valence-corrected chi connectivity index (χ0v) is 7.28. The Hall–Kier alpha value is -1.64. The Bertz CT molecular complexity index is 355. The monoisotopic (exact) mass is 178 g/mol. The molecule has 0 aliphatic carbocycles. The highest BCUT2D eigenvalue weighted by molar-refractivity contribution is 5.71. The van der Waals surface area contributed by atoms with Gasteiger partial charge in [-0.2, -0.15) is 0 Å². The zero-order valence-electron chi connectivity index (χ0n) is 7.28. The first-order valence-corrected chi connectivity index (χ1v) is 4.02. The first-order chi connectivity index (χ1) is 6.33. The van der Waals surface area contributed by atoms with Gasteiger partial charge in [0, 0.05) is 0 Å². The molecule has 68 valence electrons. The van der Waals surface area contributed by atoms with Gasteiger partial charge in [0.1, 0.15) is 29.4 Å². The molecule has 1 aromatic carbocycles. The summed E-state index contributed by atoms with van der Waals surface area (Å²) < 4.78 is 10.4. The molecule has 0 spiro atoms. The third kappa shape index (κ3) is 1.22. The molecule has 1 aliphatic heterocycles. The molecule has 0 bridgehead atoms. The maximum Gasteiger partial charge on any atom is 0.134 e. The first-order valence-electron chi connectivity index (χ1n) is 4.02. The van der Waals surface area contributed by atoms with Crippen LogP contribution >= 0.6 is 0 Å². The Balaban J connectivity index is 2.60. The van der Waals surface area contributed by atoms with Gasteiger partial charge in [-0.3, -0.25) is 0 Å². The second-order valence-electron chi connectivity index (χ2n) is 2.73. The van der Waals surface area contributed by atoms with E-state index in [0.717, 1.165) is 0 Å². The SMILES string of the molecule is COc1cccc2c1C(O)=CCO2. The van der Waals surface area contributed by atoms with Crippen LogP contribution in [0.5, 0.6) is 11.5 Å². The van der Waals surface area contributed by atoms with Crippen molar-refractivity contribution in [1.29, 1.82) is 0 Å². The van der Waals surface area contributed by atoms with Gasteiger partial charge in [0.25, 0.3) is 0 Å². The molecule has 0 fully saturated rings. The van der Waals surface area contributed by atoms with Crippen molar-refractivity contribution in [3.05, 3.63) is 29.8 Å². The molecule has 0 amide bonds. The average Bonchev–Trinajstić information content (AvgIpc) is 2.17. The van der Waals surface area contributed by atoms with E-state index in [1.165, 1.54) is 0 Å². The number of aliphatic hydroxyl groups is 1. The molecule has 0 saturated heterocycles. The van der Waals surface area contributed by atoms with Crippen molar-refractivity contribution in [2.75, 3.05) is 13.7 Å². The molecule has 1 aromatic rings. The third-order valence-corrected chi connectivity index (χ3v) is 1.98. The van der Waals surface area contributed by atoms with Crippen LogP contribution in [-0.4, -0.2) is 18.8 Å². The summed E-state index contributed by atoms with van der Waals surface area (Å²) in [5.41, 5.74) is 0.635. The molecule has 0 unspecified atom stereocenters. The number of fused-ring (bicyclic) bond motifs is 1. The van der Waals surface area contributed by atoms with Gasteiger partial charge < -0.3 is 14.6 Å². The zero-order chi connectivity index (χ0) is 9.26. The quantitative estimate of drug-likeness (QED) is 0.714. The lowest BCUT2D eigenvalue weighted by Gasteiger charge is -2.17. The highest BCUT2D eigenvalue weighted by Crippen LogP contribution is 2.35. The molecule has 0 saturated carbocycles. The summed E-state index contributed by atoms with van der Waals surface area (Å²) >= 11 is 0. The summed E-state index contributed by atoms with van der Waals surface area (Å²) in [6.07, 6.45) is 1.62. The van der Waals surface area contributed by atoms with E-state index in [9.17, 15) is 5.11 Å². The summed E-state index contributed by atoms with van der Waals surface area (Å²) in [5, 5.41) is 9.57. The molecule has 0 atom stereocenters. The van der Waals surface area contributed by atoms with E-state index in [0.29, 0.717) is 23.7 Å². The summed E-state index contributed by atoms with van der Waals surface area (Å²) in [5.74, 6) is 1.52. The van der Waals surface area contributed by atoms with E-state index in [1.807, 2.05) is 6.07 Å². The van der Waals surface area contributed by atoms with Crippen LogP contribution in [0.2, 0.25) is 0 Å². The van der Waals surface area contributed by atoms with Crippen LogP contribution in [0.25, 0.3) is 5.76 Å². The topological polar surface area (TPSA) is 38.7 Å².